The molecule has 1 saturated heterocycles. The molecule has 0 spiro atoms. The SMILES string of the molecule is Cc1cc(OCC(=O)OCc2cccc(S(=O)(=O)N3CCOCC3)c2)c(C(C)C)cc1Cl. The van der Waals surface area contributed by atoms with E-state index in [1.165, 1.54) is 16.4 Å². The molecule has 1 heterocycles. The molecule has 0 atom stereocenters. The summed E-state index contributed by atoms with van der Waals surface area (Å²) in [6.07, 6.45) is 0. The number of esters is 1. The Kier molecular flexibility index (Phi) is 8.16. The topological polar surface area (TPSA) is 82.1 Å². The molecule has 3 rings (SSSR count). The molecular formula is C23H28ClNO6S. The molecule has 7 nitrogen and oxygen atoms in total. The Morgan fingerprint density at radius 3 is 2.59 bits per heavy atom. The maximum atomic E-state index is 12.8. The number of nitrogens with zero attached hydrogens (tertiary/aromatic N) is 1. The van der Waals surface area contributed by atoms with Gasteiger partial charge in [0, 0.05) is 18.1 Å². The molecule has 0 saturated carbocycles. The lowest BCUT2D eigenvalue weighted by atomic mass is 10.0. The van der Waals surface area contributed by atoms with Crippen LogP contribution >= 0.6 is 11.6 Å². The Morgan fingerprint density at radius 1 is 1.19 bits per heavy atom. The van der Waals surface area contributed by atoms with Crippen molar-refractivity contribution in [3.05, 3.63) is 58.1 Å². The van der Waals surface area contributed by atoms with Crippen molar-refractivity contribution in [3.63, 3.8) is 0 Å². The highest BCUT2D eigenvalue weighted by atomic mass is 35.5. The van der Waals surface area contributed by atoms with Crippen LogP contribution in [-0.2, 0) is 30.9 Å². The molecule has 1 aliphatic rings. The maximum Gasteiger partial charge on any atom is 0.344 e. The number of morpholine rings is 1. The van der Waals surface area contributed by atoms with E-state index in [1.54, 1.807) is 12.1 Å². The lowest BCUT2D eigenvalue weighted by molar-refractivity contribution is -0.147. The number of ether oxygens (including phenoxy) is 3. The van der Waals surface area contributed by atoms with Gasteiger partial charge in [0.15, 0.2) is 6.61 Å². The molecule has 0 amide bonds. The molecular weight excluding hydrogens is 454 g/mol. The summed E-state index contributed by atoms with van der Waals surface area (Å²) in [7, 11) is -3.61. The first-order valence-corrected chi connectivity index (χ1v) is 12.3. The van der Waals surface area contributed by atoms with Gasteiger partial charge in [-0.15, -0.1) is 0 Å². The van der Waals surface area contributed by atoms with Crippen molar-refractivity contribution in [1.82, 2.24) is 4.31 Å². The minimum absolute atomic E-state index is 0.0503. The summed E-state index contributed by atoms with van der Waals surface area (Å²) in [4.78, 5) is 12.4. The number of halogens is 1. The third kappa shape index (κ3) is 6.01. The van der Waals surface area contributed by atoms with E-state index in [0.29, 0.717) is 42.6 Å². The summed E-state index contributed by atoms with van der Waals surface area (Å²) < 4.78 is 43.2. The van der Waals surface area contributed by atoms with Gasteiger partial charge >= 0.3 is 5.97 Å². The van der Waals surface area contributed by atoms with Gasteiger partial charge in [-0.05, 0) is 53.8 Å². The van der Waals surface area contributed by atoms with Crippen LogP contribution in [0.3, 0.4) is 0 Å². The first-order valence-electron chi connectivity index (χ1n) is 10.4. The number of benzene rings is 2. The fraction of sp³-hybridized carbons (Fsp3) is 0.435. The van der Waals surface area contributed by atoms with E-state index in [1.807, 2.05) is 32.9 Å². The van der Waals surface area contributed by atoms with Crippen molar-refractivity contribution < 1.29 is 27.4 Å². The van der Waals surface area contributed by atoms with E-state index in [4.69, 9.17) is 25.8 Å². The van der Waals surface area contributed by atoms with E-state index in [-0.39, 0.29) is 24.0 Å². The molecule has 0 aliphatic carbocycles. The number of hydrogen-bond donors (Lipinski definition) is 0. The molecule has 9 heteroatoms. The molecule has 2 aromatic rings. The Hall–Kier alpha value is -2.13. The Bertz CT molecular complexity index is 1060. The summed E-state index contributed by atoms with van der Waals surface area (Å²) >= 11 is 6.21. The van der Waals surface area contributed by atoms with Crippen molar-refractivity contribution in [2.75, 3.05) is 32.9 Å². The van der Waals surface area contributed by atoms with Gasteiger partial charge in [0.05, 0.1) is 18.1 Å². The van der Waals surface area contributed by atoms with Crippen molar-refractivity contribution in [2.45, 2.75) is 38.2 Å². The number of carbonyl (C=O) groups excluding carboxylic acids is 1. The van der Waals surface area contributed by atoms with Crippen LogP contribution in [0.15, 0.2) is 41.3 Å². The minimum atomic E-state index is -3.61. The second kappa shape index (κ2) is 10.7. The second-order valence-electron chi connectivity index (χ2n) is 7.91. The maximum absolute atomic E-state index is 12.8. The van der Waals surface area contributed by atoms with E-state index in [0.717, 1.165) is 11.1 Å². The van der Waals surface area contributed by atoms with Gasteiger partial charge in [0.1, 0.15) is 12.4 Å². The average molecular weight is 482 g/mol. The van der Waals surface area contributed by atoms with E-state index in [9.17, 15) is 13.2 Å². The van der Waals surface area contributed by atoms with Gasteiger partial charge < -0.3 is 14.2 Å². The van der Waals surface area contributed by atoms with Crippen LogP contribution in [0.4, 0.5) is 0 Å². The van der Waals surface area contributed by atoms with Crippen LogP contribution in [-0.4, -0.2) is 51.6 Å². The quantitative estimate of drug-likeness (QED) is 0.531. The highest BCUT2D eigenvalue weighted by molar-refractivity contribution is 7.89. The Labute approximate surface area is 194 Å². The predicted octanol–water partition coefficient (Wildman–Crippen LogP) is 3.91. The number of hydrogen-bond acceptors (Lipinski definition) is 6. The Morgan fingerprint density at radius 2 is 1.91 bits per heavy atom. The van der Waals surface area contributed by atoms with Gasteiger partial charge in [0.25, 0.3) is 0 Å². The number of rotatable bonds is 8. The fourth-order valence-electron chi connectivity index (χ4n) is 3.32. The summed E-state index contributed by atoms with van der Waals surface area (Å²) in [6, 6.07) is 10.1. The molecule has 1 fully saturated rings. The summed E-state index contributed by atoms with van der Waals surface area (Å²) in [5.41, 5.74) is 2.35. The fourth-order valence-corrected chi connectivity index (χ4v) is 4.97. The van der Waals surface area contributed by atoms with Crippen molar-refractivity contribution >= 4 is 27.6 Å². The van der Waals surface area contributed by atoms with Crippen molar-refractivity contribution in [1.29, 1.82) is 0 Å². The molecule has 0 bridgehead atoms. The monoisotopic (exact) mass is 481 g/mol. The summed E-state index contributed by atoms with van der Waals surface area (Å²) in [5, 5.41) is 0.649. The third-order valence-electron chi connectivity index (χ3n) is 5.16. The predicted molar refractivity (Wildman–Crippen MR) is 122 cm³/mol. The zero-order valence-electron chi connectivity index (χ0n) is 18.5. The largest absolute Gasteiger partial charge is 0.482 e. The zero-order chi connectivity index (χ0) is 23.3. The normalized spacial score (nSPS) is 15.0. The molecule has 0 N–H and O–H groups in total. The highest BCUT2D eigenvalue weighted by Crippen LogP contribution is 2.32. The van der Waals surface area contributed by atoms with E-state index < -0.39 is 16.0 Å². The van der Waals surface area contributed by atoms with Crippen molar-refractivity contribution in [2.24, 2.45) is 0 Å². The minimum Gasteiger partial charge on any atom is -0.482 e. The lowest BCUT2D eigenvalue weighted by Crippen LogP contribution is -2.40. The third-order valence-corrected chi connectivity index (χ3v) is 7.47. The van der Waals surface area contributed by atoms with Gasteiger partial charge in [-0.3, -0.25) is 0 Å². The molecule has 0 unspecified atom stereocenters. The van der Waals surface area contributed by atoms with Gasteiger partial charge in [-0.2, -0.15) is 4.31 Å². The number of aryl methyl sites for hydroxylation is 1. The first kappa shape index (κ1) is 24.5. The summed E-state index contributed by atoms with van der Waals surface area (Å²) in [5.74, 6) is 0.224. The van der Waals surface area contributed by atoms with Crippen LogP contribution in [0.2, 0.25) is 5.02 Å². The van der Waals surface area contributed by atoms with E-state index >= 15 is 0 Å². The lowest BCUT2D eigenvalue weighted by Gasteiger charge is -2.26. The van der Waals surface area contributed by atoms with Crippen LogP contribution in [0.1, 0.15) is 36.5 Å². The average Bonchev–Trinajstić information content (AvgIpc) is 2.78. The van der Waals surface area contributed by atoms with E-state index in [2.05, 4.69) is 0 Å². The highest BCUT2D eigenvalue weighted by Gasteiger charge is 2.26. The van der Waals surface area contributed by atoms with Crippen LogP contribution in [0.25, 0.3) is 0 Å². The number of sulfonamides is 1. The second-order valence-corrected chi connectivity index (χ2v) is 10.3. The summed E-state index contributed by atoms with van der Waals surface area (Å²) in [6.45, 7) is 7.00. The smallest absolute Gasteiger partial charge is 0.344 e. The van der Waals surface area contributed by atoms with Gasteiger partial charge in [-0.25, -0.2) is 13.2 Å². The van der Waals surface area contributed by atoms with Gasteiger partial charge in [-0.1, -0.05) is 37.6 Å². The van der Waals surface area contributed by atoms with Crippen LogP contribution in [0, 0.1) is 6.92 Å². The molecule has 0 aromatic heterocycles. The molecule has 1 aliphatic heterocycles. The Balaban J connectivity index is 1.60. The van der Waals surface area contributed by atoms with Crippen molar-refractivity contribution in [3.8, 4) is 5.75 Å². The molecule has 0 radical (unpaired) electrons. The number of carbonyl (C=O) groups is 1. The molecule has 174 valence electrons. The van der Waals surface area contributed by atoms with Crippen LogP contribution in [0.5, 0.6) is 5.75 Å². The molecule has 2 aromatic carbocycles. The standard InChI is InChI=1S/C23H28ClNO6S/c1-16(2)20-13-21(24)17(3)11-22(20)30-15-23(26)31-14-18-5-4-6-19(12-18)32(27,28)25-7-9-29-10-8-25/h4-6,11-13,16H,7-10,14-15H2,1-3H3. The molecule has 32 heavy (non-hydrogen) atoms. The van der Waals surface area contributed by atoms with Gasteiger partial charge in [0.2, 0.25) is 10.0 Å². The first-order chi connectivity index (χ1) is 15.2. The van der Waals surface area contributed by atoms with Crippen LogP contribution < -0.4 is 4.74 Å². The zero-order valence-corrected chi connectivity index (χ0v) is 20.0.